The van der Waals surface area contributed by atoms with Crippen LogP contribution < -0.4 is 0 Å². The third-order valence-corrected chi connectivity index (χ3v) is 3.31. The molecule has 0 aliphatic heterocycles. The van der Waals surface area contributed by atoms with E-state index < -0.39 is 0 Å². The molecule has 0 radical (unpaired) electrons. The Kier molecular flexibility index (Phi) is 5.72. The van der Waals surface area contributed by atoms with Gasteiger partial charge in [-0.2, -0.15) is 0 Å². The smallest absolute Gasteiger partial charge is 0.0166 e. The van der Waals surface area contributed by atoms with Gasteiger partial charge in [-0.05, 0) is 32.7 Å². The Morgan fingerprint density at radius 1 is 1.46 bits per heavy atom. The molecule has 0 aromatic carbocycles. The Balaban J connectivity index is 2.24. The van der Waals surface area contributed by atoms with Crippen molar-refractivity contribution >= 4 is 15.9 Å². The van der Waals surface area contributed by atoms with Crippen molar-refractivity contribution in [2.75, 3.05) is 18.4 Å². The molecule has 2 heteroatoms. The number of hydrogen-bond donors (Lipinski definition) is 0. The highest BCUT2D eigenvalue weighted by molar-refractivity contribution is 9.09. The van der Waals surface area contributed by atoms with Crippen LogP contribution in [0.15, 0.2) is 12.2 Å². The Morgan fingerprint density at radius 2 is 2.23 bits per heavy atom. The molecule has 13 heavy (non-hydrogen) atoms. The average Bonchev–Trinajstić information content (AvgIpc) is 2.06. The van der Waals surface area contributed by atoms with Crippen LogP contribution in [0.2, 0.25) is 0 Å². The van der Waals surface area contributed by atoms with Gasteiger partial charge in [0.1, 0.15) is 0 Å². The van der Waals surface area contributed by atoms with Gasteiger partial charge in [-0.15, -0.1) is 0 Å². The topological polar surface area (TPSA) is 3.24 Å². The molecular weight excluding hydrogens is 226 g/mol. The van der Waals surface area contributed by atoms with Crippen molar-refractivity contribution in [2.24, 2.45) is 0 Å². The van der Waals surface area contributed by atoms with Crippen molar-refractivity contribution in [1.29, 1.82) is 0 Å². The van der Waals surface area contributed by atoms with Gasteiger partial charge in [0, 0.05) is 17.9 Å². The van der Waals surface area contributed by atoms with Gasteiger partial charge in [0.25, 0.3) is 0 Å². The predicted octanol–water partition coefficient (Wildman–Crippen LogP) is 3.20. The molecular formula is C11H20BrN. The van der Waals surface area contributed by atoms with E-state index in [9.17, 15) is 0 Å². The number of hydrogen-bond acceptors (Lipinski definition) is 1. The van der Waals surface area contributed by atoms with Gasteiger partial charge in [0.05, 0.1) is 0 Å². The van der Waals surface area contributed by atoms with Crippen LogP contribution in [0.5, 0.6) is 0 Å². The standard InChI is InChI=1S/C11H20BrN/c1-2-3-9-13(10-5-8-12)11-6-4-7-11/h2-3,11H,4-10H2,1H3/b3-2+. The van der Waals surface area contributed by atoms with Crippen molar-refractivity contribution < 1.29 is 0 Å². The normalized spacial score (nSPS) is 18.4. The fourth-order valence-electron chi connectivity index (χ4n) is 1.68. The molecule has 0 aromatic rings. The summed E-state index contributed by atoms with van der Waals surface area (Å²) in [6.45, 7) is 4.50. The third-order valence-electron chi connectivity index (χ3n) is 2.75. The summed E-state index contributed by atoms with van der Waals surface area (Å²) in [5, 5.41) is 1.13. The van der Waals surface area contributed by atoms with Gasteiger partial charge in [-0.1, -0.05) is 34.5 Å². The van der Waals surface area contributed by atoms with Crippen LogP contribution in [0.4, 0.5) is 0 Å². The molecule has 0 atom stereocenters. The Bertz CT molecular complexity index is 152. The second-order valence-electron chi connectivity index (χ2n) is 3.69. The van der Waals surface area contributed by atoms with Crippen molar-refractivity contribution in [3.05, 3.63) is 12.2 Å². The number of alkyl halides is 1. The zero-order valence-corrected chi connectivity index (χ0v) is 10.1. The molecule has 0 aromatic heterocycles. The molecule has 1 nitrogen and oxygen atoms in total. The van der Waals surface area contributed by atoms with E-state index in [1.807, 2.05) is 0 Å². The second kappa shape index (κ2) is 6.61. The first-order valence-corrected chi connectivity index (χ1v) is 6.41. The van der Waals surface area contributed by atoms with Crippen LogP contribution in [0, 0.1) is 0 Å². The summed E-state index contributed by atoms with van der Waals surface area (Å²) in [6, 6.07) is 0.884. The fourth-order valence-corrected chi connectivity index (χ4v) is 1.93. The number of nitrogens with zero attached hydrogens (tertiary/aromatic N) is 1. The van der Waals surface area contributed by atoms with Gasteiger partial charge in [0.2, 0.25) is 0 Å². The fraction of sp³-hybridized carbons (Fsp3) is 0.818. The first-order valence-electron chi connectivity index (χ1n) is 5.29. The highest BCUT2D eigenvalue weighted by atomic mass is 79.9. The maximum atomic E-state index is 3.49. The van der Waals surface area contributed by atoms with Crippen molar-refractivity contribution in [2.45, 2.75) is 38.6 Å². The Morgan fingerprint density at radius 3 is 2.69 bits per heavy atom. The summed E-state index contributed by atoms with van der Waals surface area (Å²) in [4.78, 5) is 2.62. The summed E-state index contributed by atoms with van der Waals surface area (Å²) in [6.07, 6.45) is 9.96. The van der Waals surface area contributed by atoms with Crippen LogP contribution in [0.3, 0.4) is 0 Å². The molecule has 0 amide bonds. The van der Waals surface area contributed by atoms with Crippen LogP contribution in [0.25, 0.3) is 0 Å². The van der Waals surface area contributed by atoms with Crippen LogP contribution in [0.1, 0.15) is 32.6 Å². The lowest BCUT2D eigenvalue weighted by Crippen LogP contribution is -2.40. The minimum atomic E-state index is 0.884. The van der Waals surface area contributed by atoms with Crippen molar-refractivity contribution in [3.8, 4) is 0 Å². The van der Waals surface area contributed by atoms with E-state index in [0.29, 0.717) is 0 Å². The quantitative estimate of drug-likeness (QED) is 0.514. The van der Waals surface area contributed by atoms with Gasteiger partial charge >= 0.3 is 0 Å². The van der Waals surface area contributed by atoms with Gasteiger partial charge in [0.15, 0.2) is 0 Å². The van der Waals surface area contributed by atoms with E-state index >= 15 is 0 Å². The molecule has 0 unspecified atom stereocenters. The Labute approximate surface area is 90.3 Å². The zero-order valence-electron chi connectivity index (χ0n) is 8.51. The molecule has 76 valence electrons. The summed E-state index contributed by atoms with van der Waals surface area (Å²) >= 11 is 3.49. The van der Waals surface area contributed by atoms with Crippen molar-refractivity contribution in [3.63, 3.8) is 0 Å². The molecule has 0 spiro atoms. The molecule has 0 bridgehead atoms. The maximum Gasteiger partial charge on any atom is 0.0166 e. The predicted molar refractivity (Wildman–Crippen MR) is 62.4 cm³/mol. The minimum Gasteiger partial charge on any atom is -0.297 e. The molecule has 1 fully saturated rings. The van der Waals surface area contributed by atoms with E-state index in [-0.39, 0.29) is 0 Å². The van der Waals surface area contributed by atoms with E-state index in [1.54, 1.807) is 0 Å². The number of rotatable bonds is 6. The number of halogens is 1. The van der Waals surface area contributed by atoms with Gasteiger partial charge < -0.3 is 0 Å². The second-order valence-corrected chi connectivity index (χ2v) is 4.48. The van der Waals surface area contributed by atoms with E-state index in [4.69, 9.17) is 0 Å². The van der Waals surface area contributed by atoms with Gasteiger partial charge in [-0.25, -0.2) is 0 Å². The number of allylic oxidation sites excluding steroid dienone is 1. The van der Waals surface area contributed by atoms with E-state index in [1.165, 1.54) is 32.2 Å². The summed E-state index contributed by atoms with van der Waals surface area (Å²) < 4.78 is 0. The van der Waals surface area contributed by atoms with Crippen LogP contribution in [-0.4, -0.2) is 29.4 Å². The molecule has 1 aliphatic rings. The lowest BCUT2D eigenvalue weighted by Gasteiger charge is -2.36. The third kappa shape index (κ3) is 3.82. The van der Waals surface area contributed by atoms with Crippen LogP contribution >= 0.6 is 15.9 Å². The molecule has 1 rings (SSSR count). The molecule has 1 saturated carbocycles. The summed E-state index contributed by atoms with van der Waals surface area (Å²) in [5.74, 6) is 0. The lowest BCUT2D eigenvalue weighted by molar-refractivity contribution is 0.142. The lowest BCUT2D eigenvalue weighted by atomic mass is 9.91. The van der Waals surface area contributed by atoms with Crippen molar-refractivity contribution in [1.82, 2.24) is 4.90 Å². The van der Waals surface area contributed by atoms with E-state index in [0.717, 1.165) is 17.9 Å². The monoisotopic (exact) mass is 245 g/mol. The summed E-state index contributed by atoms with van der Waals surface area (Å²) in [5.41, 5.74) is 0. The average molecular weight is 246 g/mol. The molecule has 0 N–H and O–H groups in total. The zero-order chi connectivity index (χ0) is 9.52. The maximum absolute atomic E-state index is 3.49. The first-order chi connectivity index (χ1) is 6.38. The molecule has 0 saturated heterocycles. The van der Waals surface area contributed by atoms with Crippen LogP contribution in [-0.2, 0) is 0 Å². The van der Waals surface area contributed by atoms with E-state index in [2.05, 4.69) is 39.9 Å². The molecule has 1 aliphatic carbocycles. The molecule has 0 heterocycles. The first kappa shape index (κ1) is 11.3. The largest absolute Gasteiger partial charge is 0.297 e. The SMILES string of the molecule is C/C=C/CN(CCCBr)C1CCC1. The summed E-state index contributed by atoms with van der Waals surface area (Å²) in [7, 11) is 0. The highest BCUT2D eigenvalue weighted by Crippen LogP contribution is 2.24. The minimum absolute atomic E-state index is 0.884. The van der Waals surface area contributed by atoms with Gasteiger partial charge in [-0.3, -0.25) is 4.90 Å². The highest BCUT2D eigenvalue weighted by Gasteiger charge is 2.23. The Hall–Kier alpha value is 0.180.